The van der Waals surface area contributed by atoms with Crippen LogP contribution in [0, 0.1) is 5.92 Å². The summed E-state index contributed by atoms with van der Waals surface area (Å²) >= 11 is 0. The van der Waals surface area contributed by atoms with Crippen molar-refractivity contribution in [3.8, 4) is 5.75 Å². The predicted molar refractivity (Wildman–Crippen MR) is 75.8 cm³/mol. The highest BCUT2D eigenvalue weighted by molar-refractivity contribution is 5.38. The van der Waals surface area contributed by atoms with E-state index in [1.54, 1.807) is 6.07 Å². The van der Waals surface area contributed by atoms with Crippen molar-refractivity contribution in [3.63, 3.8) is 0 Å². The molecule has 0 amide bonds. The average molecular weight is 247 g/mol. The summed E-state index contributed by atoms with van der Waals surface area (Å²) < 4.78 is 0. The number of hydrogen-bond acceptors (Lipinski definition) is 2. The highest BCUT2D eigenvalue weighted by atomic mass is 16.3. The van der Waals surface area contributed by atoms with Crippen LogP contribution in [0.5, 0.6) is 5.75 Å². The molecule has 0 saturated heterocycles. The lowest BCUT2D eigenvalue weighted by molar-refractivity contribution is 0.365. The van der Waals surface area contributed by atoms with E-state index < -0.39 is 0 Å². The molecule has 2 nitrogen and oxygen atoms in total. The molecule has 0 heterocycles. The molecule has 0 bridgehead atoms. The Kier molecular flexibility index (Phi) is 4.28. The minimum absolute atomic E-state index is 0.388. The molecule has 0 radical (unpaired) electrons. The van der Waals surface area contributed by atoms with E-state index in [1.807, 2.05) is 6.07 Å². The fraction of sp³-hybridized carbons (Fsp3) is 0.625. The van der Waals surface area contributed by atoms with Gasteiger partial charge in [-0.05, 0) is 61.8 Å². The first-order chi connectivity index (χ1) is 8.56. The van der Waals surface area contributed by atoms with Crippen LogP contribution >= 0.6 is 0 Å². The molecule has 0 aliphatic heterocycles. The quantitative estimate of drug-likeness (QED) is 0.848. The first-order valence-electron chi connectivity index (χ1n) is 7.14. The zero-order chi connectivity index (χ0) is 13.1. The van der Waals surface area contributed by atoms with Gasteiger partial charge in [-0.25, -0.2) is 0 Å². The number of phenols is 1. The van der Waals surface area contributed by atoms with Crippen LogP contribution in [-0.4, -0.2) is 11.1 Å². The molecule has 2 unspecified atom stereocenters. The second-order valence-electron chi connectivity index (χ2n) is 6.03. The maximum atomic E-state index is 9.66. The summed E-state index contributed by atoms with van der Waals surface area (Å²) in [5.41, 5.74) is 2.70. The van der Waals surface area contributed by atoms with Crippen LogP contribution in [0.4, 0.5) is 0 Å². The molecule has 0 fully saturated rings. The number of rotatable bonds is 4. The molecule has 2 rings (SSSR count). The van der Waals surface area contributed by atoms with Crippen LogP contribution in [0.15, 0.2) is 18.2 Å². The summed E-state index contributed by atoms with van der Waals surface area (Å²) in [4.78, 5) is 0. The normalized spacial score (nSPS) is 20.8. The molecule has 1 aromatic carbocycles. The third kappa shape index (κ3) is 3.26. The summed E-state index contributed by atoms with van der Waals surface area (Å²) in [6.07, 6.45) is 4.76. The SMILES string of the molecule is CC(C)CC(C)NC1CCCc2ccc(O)cc21. The maximum Gasteiger partial charge on any atom is 0.115 e. The molecule has 0 spiro atoms. The van der Waals surface area contributed by atoms with Gasteiger partial charge in [0.2, 0.25) is 0 Å². The Morgan fingerprint density at radius 2 is 2.11 bits per heavy atom. The van der Waals surface area contributed by atoms with Gasteiger partial charge in [-0.3, -0.25) is 0 Å². The molecule has 1 aliphatic rings. The third-order valence-corrected chi connectivity index (χ3v) is 3.75. The van der Waals surface area contributed by atoms with Crippen molar-refractivity contribution in [2.45, 2.75) is 58.5 Å². The van der Waals surface area contributed by atoms with Crippen LogP contribution in [0.1, 0.15) is 57.2 Å². The largest absolute Gasteiger partial charge is 0.508 e. The molecule has 18 heavy (non-hydrogen) atoms. The molecular weight excluding hydrogens is 222 g/mol. The van der Waals surface area contributed by atoms with Gasteiger partial charge in [-0.2, -0.15) is 0 Å². The van der Waals surface area contributed by atoms with E-state index in [-0.39, 0.29) is 0 Å². The van der Waals surface area contributed by atoms with Gasteiger partial charge in [0.25, 0.3) is 0 Å². The van der Waals surface area contributed by atoms with Crippen molar-refractivity contribution in [1.82, 2.24) is 5.32 Å². The Balaban J connectivity index is 2.09. The van der Waals surface area contributed by atoms with Crippen LogP contribution in [0.3, 0.4) is 0 Å². The maximum absolute atomic E-state index is 9.66. The molecular formula is C16H25NO. The van der Waals surface area contributed by atoms with Gasteiger partial charge in [-0.1, -0.05) is 19.9 Å². The first-order valence-corrected chi connectivity index (χ1v) is 7.14. The van der Waals surface area contributed by atoms with Gasteiger partial charge in [0.05, 0.1) is 0 Å². The van der Waals surface area contributed by atoms with Gasteiger partial charge in [0, 0.05) is 12.1 Å². The van der Waals surface area contributed by atoms with Gasteiger partial charge in [0.15, 0.2) is 0 Å². The molecule has 2 N–H and O–H groups in total. The summed E-state index contributed by atoms with van der Waals surface area (Å²) in [5.74, 6) is 1.11. The van der Waals surface area contributed by atoms with Crippen molar-refractivity contribution < 1.29 is 5.11 Å². The third-order valence-electron chi connectivity index (χ3n) is 3.75. The van der Waals surface area contributed by atoms with Crippen molar-refractivity contribution in [2.24, 2.45) is 5.92 Å². The lowest BCUT2D eigenvalue weighted by Gasteiger charge is -2.30. The van der Waals surface area contributed by atoms with Crippen molar-refractivity contribution in [2.75, 3.05) is 0 Å². The van der Waals surface area contributed by atoms with E-state index in [1.165, 1.54) is 30.4 Å². The number of benzene rings is 1. The Morgan fingerprint density at radius 1 is 1.33 bits per heavy atom. The van der Waals surface area contributed by atoms with Crippen LogP contribution in [0.25, 0.3) is 0 Å². The molecule has 0 aromatic heterocycles. The molecule has 2 atom stereocenters. The number of aromatic hydroxyl groups is 1. The molecule has 1 aliphatic carbocycles. The number of aryl methyl sites for hydroxylation is 1. The van der Waals surface area contributed by atoms with Crippen LogP contribution in [-0.2, 0) is 6.42 Å². The highest BCUT2D eigenvalue weighted by Crippen LogP contribution is 2.32. The first kappa shape index (κ1) is 13.4. The molecule has 1 aromatic rings. The second kappa shape index (κ2) is 5.75. The van der Waals surface area contributed by atoms with E-state index >= 15 is 0 Å². The highest BCUT2D eigenvalue weighted by Gasteiger charge is 2.22. The van der Waals surface area contributed by atoms with E-state index in [0.717, 1.165) is 12.3 Å². The predicted octanol–water partition coefficient (Wildman–Crippen LogP) is 3.79. The number of fused-ring (bicyclic) bond motifs is 1. The topological polar surface area (TPSA) is 32.3 Å². The lowest BCUT2D eigenvalue weighted by atomic mass is 9.87. The fourth-order valence-corrected chi connectivity index (χ4v) is 3.08. The summed E-state index contributed by atoms with van der Waals surface area (Å²) in [6, 6.07) is 6.76. The molecule has 0 saturated carbocycles. The van der Waals surface area contributed by atoms with Gasteiger partial charge < -0.3 is 10.4 Å². The van der Waals surface area contributed by atoms with E-state index in [4.69, 9.17) is 0 Å². The summed E-state index contributed by atoms with van der Waals surface area (Å²) in [6.45, 7) is 6.79. The molecule has 2 heteroatoms. The van der Waals surface area contributed by atoms with Gasteiger partial charge >= 0.3 is 0 Å². The van der Waals surface area contributed by atoms with Crippen molar-refractivity contribution >= 4 is 0 Å². The smallest absolute Gasteiger partial charge is 0.115 e. The van der Waals surface area contributed by atoms with Crippen molar-refractivity contribution in [3.05, 3.63) is 29.3 Å². The monoisotopic (exact) mass is 247 g/mol. The summed E-state index contributed by atoms with van der Waals surface area (Å²) in [7, 11) is 0. The van der Waals surface area contributed by atoms with E-state index in [2.05, 4.69) is 32.2 Å². The van der Waals surface area contributed by atoms with Gasteiger partial charge in [0.1, 0.15) is 5.75 Å². The van der Waals surface area contributed by atoms with E-state index in [9.17, 15) is 5.11 Å². The van der Waals surface area contributed by atoms with Crippen LogP contribution < -0.4 is 5.32 Å². The zero-order valence-corrected chi connectivity index (χ0v) is 11.7. The fourth-order valence-electron chi connectivity index (χ4n) is 3.08. The van der Waals surface area contributed by atoms with Gasteiger partial charge in [-0.15, -0.1) is 0 Å². The standard InChI is InChI=1S/C16H25NO/c1-11(2)9-12(3)17-16-6-4-5-13-7-8-14(18)10-15(13)16/h7-8,10-12,16-18H,4-6,9H2,1-3H3. The minimum atomic E-state index is 0.388. The second-order valence-corrected chi connectivity index (χ2v) is 6.03. The Morgan fingerprint density at radius 3 is 2.83 bits per heavy atom. The molecule has 100 valence electrons. The Labute approximate surface area is 110 Å². The van der Waals surface area contributed by atoms with Crippen LogP contribution in [0.2, 0.25) is 0 Å². The zero-order valence-electron chi connectivity index (χ0n) is 11.7. The Bertz CT molecular complexity index is 400. The minimum Gasteiger partial charge on any atom is -0.508 e. The Hall–Kier alpha value is -1.02. The van der Waals surface area contributed by atoms with Crippen molar-refractivity contribution in [1.29, 1.82) is 0 Å². The number of nitrogens with one attached hydrogen (secondary N) is 1. The lowest BCUT2D eigenvalue weighted by Crippen LogP contribution is -2.33. The average Bonchev–Trinajstić information content (AvgIpc) is 2.28. The summed E-state index contributed by atoms with van der Waals surface area (Å²) in [5, 5.41) is 13.4. The van der Waals surface area contributed by atoms with E-state index in [0.29, 0.717) is 17.8 Å². The number of phenolic OH excluding ortho intramolecular Hbond substituents is 1. The number of hydrogen-bond donors (Lipinski definition) is 2.